The first-order chi connectivity index (χ1) is 11.9. The lowest BCUT2D eigenvalue weighted by Gasteiger charge is -2.21. The molecule has 1 aliphatic heterocycles. The first-order valence-electron chi connectivity index (χ1n) is 9.04. The van der Waals surface area contributed by atoms with Crippen LogP contribution in [0.2, 0.25) is 0 Å². The lowest BCUT2D eigenvalue weighted by atomic mass is 10.1. The summed E-state index contributed by atoms with van der Waals surface area (Å²) >= 11 is 0. The molecule has 1 aliphatic rings. The van der Waals surface area contributed by atoms with E-state index in [0.29, 0.717) is 12.4 Å². The quantitative estimate of drug-likeness (QED) is 0.414. The van der Waals surface area contributed by atoms with E-state index in [1.165, 1.54) is 6.07 Å². The van der Waals surface area contributed by atoms with Gasteiger partial charge in [-0.15, -0.1) is 0 Å². The zero-order valence-electron chi connectivity index (χ0n) is 15.8. The SMILES string of the molecule is CCNC(=NCCNC(C)(C)C)NC1CCN(c2ncccc2F)C1. The number of anilines is 1. The molecule has 2 heterocycles. The maximum absolute atomic E-state index is 13.9. The molecule has 0 aliphatic carbocycles. The first kappa shape index (κ1) is 19.4. The van der Waals surface area contributed by atoms with Crippen molar-refractivity contribution in [2.45, 2.75) is 45.7 Å². The fourth-order valence-corrected chi connectivity index (χ4v) is 2.79. The largest absolute Gasteiger partial charge is 0.357 e. The van der Waals surface area contributed by atoms with E-state index in [9.17, 15) is 4.39 Å². The molecule has 1 unspecified atom stereocenters. The Morgan fingerprint density at radius 1 is 1.44 bits per heavy atom. The maximum atomic E-state index is 13.9. The van der Waals surface area contributed by atoms with Crippen LogP contribution in [-0.2, 0) is 0 Å². The van der Waals surface area contributed by atoms with Gasteiger partial charge in [0.2, 0.25) is 0 Å². The van der Waals surface area contributed by atoms with E-state index >= 15 is 0 Å². The number of pyridine rings is 1. The average molecular weight is 350 g/mol. The van der Waals surface area contributed by atoms with Crippen LogP contribution in [0.1, 0.15) is 34.1 Å². The summed E-state index contributed by atoms with van der Waals surface area (Å²) in [7, 11) is 0. The van der Waals surface area contributed by atoms with Crippen molar-refractivity contribution in [2.24, 2.45) is 4.99 Å². The summed E-state index contributed by atoms with van der Waals surface area (Å²) in [6.07, 6.45) is 2.56. The van der Waals surface area contributed by atoms with Gasteiger partial charge in [0.25, 0.3) is 0 Å². The molecule has 6 nitrogen and oxygen atoms in total. The summed E-state index contributed by atoms with van der Waals surface area (Å²) in [5.74, 6) is 0.978. The van der Waals surface area contributed by atoms with Gasteiger partial charge in [-0.2, -0.15) is 0 Å². The van der Waals surface area contributed by atoms with Crippen LogP contribution in [0.25, 0.3) is 0 Å². The molecular weight excluding hydrogens is 319 g/mol. The first-order valence-corrected chi connectivity index (χ1v) is 9.04. The number of rotatable bonds is 6. The molecule has 0 bridgehead atoms. The Bertz CT molecular complexity index is 569. The Balaban J connectivity index is 1.87. The van der Waals surface area contributed by atoms with Gasteiger partial charge in [-0.05, 0) is 46.2 Å². The van der Waals surface area contributed by atoms with Gasteiger partial charge in [0, 0.05) is 44.0 Å². The number of aliphatic imine (C=N–C) groups is 1. The second-order valence-electron chi connectivity index (χ2n) is 7.32. The number of nitrogens with zero attached hydrogens (tertiary/aromatic N) is 3. The van der Waals surface area contributed by atoms with Gasteiger partial charge in [-0.1, -0.05) is 0 Å². The molecule has 1 saturated heterocycles. The molecule has 0 spiro atoms. The van der Waals surface area contributed by atoms with E-state index in [0.717, 1.165) is 38.6 Å². The zero-order chi connectivity index (χ0) is 18.3. The van der Waals surface area contributed by atoms with Crippen LogP contribution in [0.3, 0.4) is 0 Å². The van der Waals surface area contributed by atoms with Crippen LogP contribution in [-0.4, -0.2) is 55.2 Å². The third kappa shape index (κ3) is 6.49. The number of nitrogens with one attached hydrogen (secondary N) is 3. The fraction of sp³-hybridized carbons (Fsp3) is 0.667. The summed E-state index contributed by atoms with van der Waals surface area (Å²) in [6, 6.07) is 3.30. The van der Waals surface area contributed by atoms with Crippen molar-refractivity contribution in [3.63, 3.8) is 0 Å². The molecule has 1 aromatic heterocycles. The Morgan fingerprint density at radius 3 is 2.92 bits per heavy atom. The Morgan fingerprint density at radius 2 is 2.24 bits per heavy atom. The van der Waals surface area contributed by atoms with E-state index in [1.54, 1.807) is 12.3 Å². The lowest BCUT2D eigenvalue weighted by molar-refractivity contribution is 0.432. The number of hydrogen-bond donors (Lipinski definition) is 3. The van der Waals surface area contributed by atoms with E-state index in [2.05, 4.69) is 53.6 Å². The molecule has 0 saturated carbocycles. The van der Waals surface area contributed by atoms with Crippen LogP contribution in [0.4, 0.5) is 10.2 Å². The van der Waals surface area contributed by atoms with Crippen LogP contribution < -0.4 is 20.9 Å². The molecule has 0 amide bonds. The molecule has 140 valence electrons. The fourth-order valence-electron chi connectivity index (χ4n) is 2.79. The van der Waals surface area contributed by atoms with Gasteiger partial charge in [0.15, 0.2) is 17.6 Å². The number of hydrogen-bond acceptors (Lipinski definition) is 4. The van der Waals surface area contributed by atoms with Gasteiger partial charge in [0.1, 0.15) is 0 Å². The van der Waals surface area contributed by atoms with Crippen LogP contribution in [0.5, 0.6) is 0 Å². The minimum Gasteiger partial charge on any atom is -0.357 e. The standard InChI is InChI=1S/C18H31FN6/c1-5-20-17(22-10-11-23-18(2,3)4)24-14-8-12-25(13-14)16-15(19)7-6-9-21-16/h6-7,9,14,23H,5,8,10-13H2,1-4H3,(H2,20,22,24). The molecule has 3 N–H and O–H groups in total. The van der Waals surface area contributed by atoms with Crippen molar-refractivity contribution >= 4 is 11.8 Å². The second kappa shape index (κ2) is 8.99. The molecule has 1 atom stereocenters. The van der Waals surface area contributed by atoms with E-state index in [1.807, 2.05) is 4.90 Å². The third-order valence-corrected chi connectivity index (χ3v) is 3.95. The highest BCUT2D eigenvalue weighted by Gasteiger charge is 2.25. The molecule has 2 rings (SSSR count). The predicted octanol–water partition coefficient (Wildman–Crippen LogP) is 1.74. The van der Waals surface area contributed by atoms with Crippen LogP contribution >= 0.6 is 0 Å². The Hall–Kier alpha value is -1.89. The van der Waals surface area contributed by atoms with Crippen LogP contribution in [0.15, 0.2) is 23.3 Å². The number of aromatic nitrogens is 1. The van der Waals surface area contributed by atoms with Crippen molar-refractivity contribution < 1.29 is 4.39 Å². The van der Waals surface area contributed by atoms with E-state index in [-0.39, 0.29) is 17.4 Å². The topological polar surface area (TPSA) is 64.6 Å². The second-order valence-corrected chi connectivity index (χ2v) is 7.32. The molecule has 1 fully saturated rings. The Kier molecular flexibility index (Phi) is 6.99. The molecule has 1 aromatic rings. The van der Waals surface area contributed by atoms with Crippen molar-refractivity contribution in [1.29, 1.82) is 0 Å². The maximum Gasteiger partial charge on any atom is 0.191 e. The predicted molar refractivity (Wildman–Crippen MR) is 102 cm³/mol. The highest BCUT2D eigenvalue weighted by Crippen LogP contribution is 2.20. The lowest BCUT2D eigenvalue weighted by Crippen LogP contribution is -2.45. The monoisotopic (exact) mass is 350 g/mol. The van der Waals surface area contributed by atoms with Gasteiger partial charge >= 0.3 is 0 Å². The highest BCUT2D eigenvalue weighted by molar-refractivity contribution is 5.80. The van der Waals surface area contributed by atoms with Crippen molar-refractivity contribution in [1.82, 2.24) is 20.9 Å². The van der Waals surface area contributed by atoms with Crippen LogP contribution in [0, 0.1) is 5.82 Å². The van der Waals surface area contributed by atoms with Crippen molar-refractivity contribution in [3.05, 3.63) is 24.1 Å². The average Bonchev–Trinajstić information content (AvgIpc) is 2.99. The summed E-state index contributed by atoms with van der Waals surface area (Å²) in [6.45, 7) is 12.3. The minimum absolute atomic E-state index is 0.0972. The molecule has 25 heavy (non-hydrogen) atoms. The third-order valence-electron chi connectivity index (χ3n) is 3.95. The smallest absolute Gasteiger partial charge is 0.191 e. The zero-order valence-corrected chi connectivity index (χ0v) is 15.8. The van der Waals surface area contributed by atoms with Crippen molar-refractivity contribution in [3.8, 4) is 0 Å². The van der Waals surface area contributed by atoms with Gasteiger partial charge in [-0.25, -0.2) is 9.37 Å². The van der Waals surface area contributed by atoms with E-state index < -0.39 is 0 Å². The summed E-state index contributed by atoms with van der Waals surface area (Å²) in [5, 5.41) is 10.2. The van der Waals surface area contributed by atoms with Gasteiger partial charge < -0.3 is 20.9 Å². The molecular formula is C18H31FN6. The van der Waals surface area contributed by atoms with Gasteiger partial charge in [0.05, 0.1) is 6.54 Å². The normalized spacial score (nSPS) is 18.5. The minimum atomic E-state index is -0.267. The molecule has 0 radical (unpaired) electrons. The number of guanidine groups is 1. The Labute approximate surface area is 150 Å². The summed E-state index contributed by atoms with van der Waals surface area (Å²) in [4.78, 5) is 10.8. The van der Waals surface area contributed by atoms with Crippen molar-refractivity contribution in [2.75, 3.05) is 37.6 Å². The van der Waals surface area contributed by atoms with Gasteiger partial charge in [-0.3, -0.25) is 4.99 Å². The number of halogens is 1. The summed E-state index contributed by atoms with van der Waals surface area (Å²) < 4.78 is 13.9. The molecule has 7 heteroatoms. The summed E-state index contributed by atoms with van der Waals surface area (Å²) in [5.41, 5.74) is 0.0972. The van der Waals surface area contributed by atoms with E-state index in [4.69, 9.17) is 0 Å². The molecule has 0 aromatic carbocycles. The highest BCUT2D eigenvalue weighted by atomic mass is 19.1.